The molecule has 0 N–H and O–H groups in total. The summed E-state index contributed by atoms with van der Waals surface area (Å²) in [7, 11) is 0. The van der Waals surface area contributed by atoms with Gasteiger partial charge < -0.3 is 9.15 Å². The minimum absolute atomic E-state index is 0.244. The molecule has 0 spiro atoms. The van der Waals surface area contributed by atoms with Crippen molar-refractivity contribution < 1.29 is 13.9 Å². The molecule has 27 heavy (non-hydrogen) atoms. The molecular weight excluding hydrogens is 409 g/mol. The van der Waals surface area contributed by atoms with Gasteiger partial charge in [0.1, 0.15) is 11.6 Å². The van der Waals surface area contributed by atoms with Gasteiger partial charge in [-0.3, -0.25) is 4.90 Å². The maximum Gasteiger partial charge on any atom is 0.410 e. The lowest BCUT2D eigenvalue weighted by atomic mass is 10.2. The Morgan fingerprint density at radius 3 is 2.81 bits per heavy atom. The molecule has 146 valence electrons. The second kappa shape index (κ2) is 8.29. The summed E-state index contributed by atoms with van der Waals surface area (Å²) in [6.07, 6.45) is 1.30. The molecule has 2 heterocycles. The number of carbonyl (C=O) groups is 1. The molecule has 1 aromatic carbocycles. The number of likely N-dealkylation sites (tertiary alicyclic amines) is 1. The Labute approximate surface area is 172 Å². The second-order valence-electron chi connectivity index (χ2n) is 7.28. The molecule has 1 amide bonds. The number of benzene rings is 1. The van der Waals surface area contributed by atoms with Crippen molar-refractivity contribution in [3.63, 3.8) is 0 Å². The lowest BCUT2D eigenvalue weighted by molar-refractivity contribution is 0.0201. The Hall–Kier alpha value is -1.44. The first-order valence-corrected chi connectivity index (χ1v) is 10.4. The zero-order valence-electron chi connectivity index (χ0n) is 15.4. The van der Waals surface area contributed by atoms with Crippen LogP contribution < -0.4 is 0 Å². The van der Waals surface area contributed by atoms with E-state index in [4.69, 9.17) is 32.4 Å². The summed E-state index contributed by atoms with van der Waals surface area (Å²) in [6.45, 7) is 6.16. The van der Waals surface area contributed by atoms with Crippen LogP contribution in [0.1, 0.15) is 51.1 Å². The van der Waals surface area contributed by atoms with Gasteiger partial charge >= 0.3 is 6.09 Å². The molecule has 6 nitrogen and oxygen atoms in total. The van der Waals surface area contributed by atoms with Gasteiger partial charge in [0.25, 0.3) is 5.22 Å². The average molecular weight is 430 g/mol. The van der Waals surface area contributed by atoms with Gasteiger partial charge in [0.2, 0.25) is 5.89 Å². The van der Waals surface area contributed by atoms with Gasteiger partial charge in [0.05, 0.1) is 10.0 Å². The molecule has 1 aliphatic heterocycles. The molecule has 3 rings (SSSR count). The van der Waals surface area contributed by atoms with Crippen molar-refractivity contribution in [2.24, 2.45) is 0 Å². The number of hydrogen-bond acceptors (Lipinski definition) is 6. The second-order valence-corrected chi connectivity index (χ2v) is 9.02. The summed E-state index contributed by atoms with van der Waals surface area (Å²) >= 11 is 13.4. The van der Waals surface area contributed by atoms with Gasteiger partial charge in [-0.25, -0.2) is 4.79 Å². The molecule has 0 bridgehead atoms. The summed E-state index contributed by atoms with van der Waals surface area (Å²) in [6, 6.07) is 5.23. The highest BCUT2D eigenvalue weighted by molar-refractivity contribution is 7.98. The summed E-state index contributed by atoms with van der Waals surface area (Å²) in [5, 5.41) is 9.72. The highest BCUT2D eigenvalue weighted by Crippen LogP contribution is 2.34. The van der Waals surface area contributed by atoms with Crippen LogP contribution in [0.25, 0.3) is 0 Å². The predicted octanol–water partition coefficient (Wildman–Crippen LogP) is 5.74. The van der Waals surface area contributed by atoms with Crippen LogP contribution >= 0.6 is 35.0 Å². The van der Waals surface area contributed by atoms with Crippen LogP contribution in [-0.2, 0) is 10.5 Å². The number of rotatable bonds is 4. The third kappa shape index (κ3) is 5.30. The fourth-order valence-electron chi connectivity index (χ4n) is 2.75. The first-order chi connectivity index (χ1) is 12.7. The minimum Gasteiger partial charge on any atom is -0.444 e. The minimum atomic E-state index is -0.542. The lowest BCUT2D eigenvalue weighted by Crippen LogP contribution is -2.36. The van der Waals surface area contributed by atoms with Gasteiger partial charge in [0, 0.05) is 12.3 Å². The Morgan fingerprint density at radius 2 is 2.11 bits per heavy atom. The van der Waals surface area contributed by atoms with E-state index < -0.39 is 5.60 Å². The van der Waals surface area contributed by atoms with Crippen molar-refractivity contribution in [2.45, 2.75) is 56.2 Å². The van der Waals surface area contributed by atoms with Gasteiger partial charge in [-0.1, -0.05) is 41.0 Å². The lowest BCUT2D eigenvalue weighted by Gasteiger charge is -2.27. The van der Waals surface area contributed by atoms with Crippen molar-refractivity contribution in [1.29, 1.82) is 0 Å². The smallest absolute Gasteiger partial charge is 0.410 e. The SMILES string of the molecule is CC(C)(C)OC(=O)N1CCCC1c1nnc(SCc2ccc(Cl)c(Cl)c2)o1. The van der Waals surface area contributed by atoms with Crippen LogP contribution in [0.3, 0.4) is 0 Å². The van der Waals surface area contributed by atoms with E-state index in [0.717, 1.165) is 18.4 Å². The van der Waals surface area contributed by atoms with E-state index in [-0.39, 0.29) is 12.1 Å². The highest BCUT2D eigenvalue weighted by Gasteiger charge is 2.36. The maximum atomic E-state index is 12.4. The molecule has 1 atom stereocenters. The number of thioether (sulfide) groups is 1. The highest BCUT2D eigenvalue weighted by atomic mass is 35.5. The van der Waals surface area contributed by atoms with Crippen molar-refractivity contribution >= 4 is 41.1 Å². The Bertz CT molecular complexity index is 822. The first kappa shape index (κ1) is 20.3. The van der Waals surface area contributed by atoms with Crippen LogP contribution in [0.4, 0.5) is 4.79 Å². The molecule has 2 aromatic rings. The van der Waals surface area contributed by atoms with Gasteiger partial charge in [-0.15, -0.1) is 10.2 Å². The number of ether oxygens (including phenoxy) is 1. The molecule has 1 aromatic heterocycles. The molecule has 0 saturated carbocycles. The first-order valence-electron chi connectivity index (χ1n) is 8.63. The van der Waals surface area contributed by atoms with Crippen LogP contribution in [0.15, 0.2) is 27.8 Å². The molecule has 0 radical (unpaired) electrons. The van der Waals surface area contributed by atoms with Crippen LogP contribution in [-0.4, -0.2) is 33.3 Å². The summed E-state index contributed by atoms with van der Waals surface area (Å²) in [5.74, 6) is 1.06. The summed E-state index contributed by atoms with van der Waals surface area (Å²) in [5.41, 5.74) is 0.463. The van der Waals surface area contributed by atoms with Crippen LogP contribution in [0.5, 0.6) is 0 Å². The van der Waals surface area contributed by atoms with E-state index in [0.29, 0.717) is 33.5 Å². The average Bonchev–Trinajstić information content (AvgIpc) is 3.22. The number of carbonyl (C=O) groups excluding carboxylic acids is 1. The van der Waals surface area contributed by atoms with Crippen LogP contribution in [0, 0.1) is 0 Å². The molecule has 9 heteroatoms. The Kier molecular flexibility index (Phi) is 6.23. The maximum absolute atomic E-state index is 12.4. The largest absolute Gasteiger partial charge is 0.444 e. The molecular formula is C18H21Cl2N3O3S. The van der Waals surface area contributed by atoms with Crippen molar-refractivity contribution in [2.75, 3.05) is 6.54 Å². The Balaban J connectivity index is 1.64. The molecule has 1 unspecified atom stereocenters. The van der Waals surface area contributed by atoms with Gasteiger partial charge in [-0.05, 0) is 51.3 Å². The van der Waals surface area contributed by atoms with Crippen molar-refractivity contribution in [3.8, 4) is 0 Å². The van der Waals surface area contributed by atoms with Crippen LogP contribution in [0.2, 0.25) is 10.0 Å². The zero-order chi connectivity index (χ0) is 19.6. The number of aromatic nitrogens is 2. The third-order valence-electron chi connectivity index (χ3n) is 3.93. The van der Waals surface area contributed by atoms with E-state index in [2.05, 4.69) is 10.2 Å². The number of hydrogen-bond donors (Lipinski definition) is 0. The number of halogens is 2. The van der Waals surface area contributed by atoms with Crippen molar-refractivity contribution in [3.05, 3.63) is 39.7 Å². The monoisotopic (exact) mass is 429 g/mol. The van der Waals surface area contributed by atoms with E-state index in [1.54, 1.807) is 11.0 Å². The van der Waals surface area contributed by atoms with E-state index in [1.165, 1.54) is 11.8 Å². The predicted molar refractivity (Wildman–Crippen MR) is 105 cm³/mol. The number of nitrogens with zero attached hydrogens (tertiary/aromatic N) is 3. The zero-order valence-corrected chi connectivity index (χ0v) is 17.7. The standard InChI is InChI=1S/C18H21Cl2N3O3S/c1-18(2,3)26-17(24)23-8-4-5-14(23)15-21-22-16(25-15)27-10-11-6-7-12(19)13(20)9-11/h6-7,9,14H,4-5,8,10H2,1-3H3. The Morgan fingerprint density at radius 1 is 1.33 bits per heavy atom. The van der Waals surface area contributed by atoms with Crippen molar-refractivity contribution in [1.82, 2.24) is 15.1 Å². The topological polar surface area (TPSA) is 68.5 Å². The summed E-state index contributed by atoms with van der Waals surface area (Å²) < 4.78 is 11.3. The van der Waals surface area contributed by atoms with Gasteiger partial charge in [0.15, 0.2) is 0 Å². The normalized spacial score (nSPS) is 17.4. The van der Waals surface area contributed by atoms with E-state index >= 15 is 0 Å². The van der Waals surface area contributed by atoms with E-state index in [1.807, 2.05) is 32.9 Å². The van der Waals surface area contributed by atoms with Gasteiger partial charge in [-0.2, -0.15) is 0 Å². The molecule has 1 aliphatic rings. The molecule has 0 aliphatic carbocycles. The summed E-state index contributed by atoms with van der Waals surface area (Å²) in [4.78, 5) is 14.1. The van der Waals surface area contributed by atoms with E-state index in [9.17, 15) is 4.79 Å². The quantitative estimate of drug-likeness (QED) is 0.576. The fraction of sp³-hybridized carbons (Fsp3) is 0.500. The number of amides is 1. The third-order valence-corrected chi connectivity index (χ3v) is 5.56. The fourth-order valence-corrected chi connectivity index (χ4v) is 3.78. The molecule has 1 fully saturated rings. The molecule has 1 saturated heterocycles.